The number of carbonyl (C=O) groups excluding carboxylic acids is 1. The van der Waals surface area contributed by atoms with E-state index in [4.69, 9.17) is 0 Å². The first-order valence-electron chi connectivity index (χ1n) is 4.96. The molecule has 0 N–H and O–H groups in total. The highest BCUT2D eigenvalue weighted by atomic mass is 19.4. The van der Waals surface area contributed by atoms with Gasteiger partial charge in [0.15, 0.2) is 0 Å². The van der Waals surface area contributed by atoms with Gasteiger partial charge in [-0.3, -0.25) is 4.79 Å². The minimum atomic E-state index is -4.85. The van der Waals surface area contributed by atoms with Crippen molar-refractivity contribution in [2.45, 2.75) is 12.7 Å². The maximum Gasteiger partial charge on any atom is 0.471 e. The Morgan fingerprint density at radius 3 is 2.35 bits per heavy atom. The standard InChI is InChI=1S/C12H12F3NO/c1-2-8-16(11(17)12(13,14)15)9-10-6-4-3-5-7-10/h2-7H,1,8-9H2. The Bertz CT molecular complexity index is 386. The van der Waals surface area contributed by atoms with Crippen LogP contribution in [0, 0.1) is 0 Å². The summed E-state index contributed by atoms with van der Waals surface area (Å²) in [7, 11) is 0. The molecule has 0 radical (unpaired) electrons. The van der Waals surface area contributed by atoms with Crippen molar-refractivity contribution in [3.8, 4) is 0 Å². The van der Waals surface area contributed by atoms with Gasteiger partial charge in [-0.15, -0.1) is 6.58 Å². The van der Waals surface area contributed by atoms with Crippen molar-refractivity contribution in [2.75, 3.05) is 6.54 Å². The summed E-state index contributed by atoms with van der Waals surface area (Å²) in [6, 6.07) is 8.51. The SMILES string of the molecule is C=CCN(Cc1ccccc1)C(=O)C(F)(F)F. The van der Waals surface area contributed by atoms with Gasteiger partial charge in [0.1, 0.15) is 0 Å². The smallest absolute Gasteiger partial charge is 0.327 e. The molecule has 1 aromatic carbocycles. The Kier molecular flexibility index (Phi) is 4.31. The second kappa shape index (κ2) is 5.52. The Balaban J connectivity index is 2.80. The van der Waals surface area contributed by atoms with Gasteiger partial charge < -0.3 is 4.90 Å². The molecule has 0 aliphatic carbocycles. The molecule has 0 aliphatic rings. The summed E-state index contributed by atoms with van der Waals surface area (Å²) < 4.78 is 36.9. The zero-order valence-electron chi connectivity index (χ0n) is 9.07. The van der Waals surface area contributed by atoms with Crippen molar-refractivity contribution in [1.29, 1.82) is 0 Å². The summed E-state index contributed by atoms with van der Waals surface area (Å²) in [5.74, 6) is -1.85. The summed E-state index contributed by atoms with van der Waals surface area (Å²) in [5.41, 5.74) is 0.645. The van der Waals surface area contributed by atoms with Gasteiger partial charge in [-0.05, 0) is 5.56 Å². The molecule has 5 heteroatoms. The molecule has 0 unspecified atom stereocenters. The highest BCUT2D eigenvalue weighted by Crippen LogP contribution is 2.19. The largest absolute Gasteiger partial charge is 0.471 e. The van der Waals surface area contributed by atoms with Crippen LogP contribution < -0.4 is 0 Å². The second-order valence-electron chi connectivity index (χ2n) is 3.46. The van der Waals surface area contributed by atoms with Gasteiger partial charge in [-0.2, -0.15) is 13.2 Å². The van der Waals surface area contributed by atoms with Gasteiger partial charge >= 0.3 is 12.1 Å². The molecule has 0 fully saturated rings. The van der Waals surface area contributed by atoms with Gasteiger partial charge in [-0.25, -0.2) is 0 Å². The quantitative estimate of drug-likeness (QED) is 0.744. The van der Waals surface area contributed by atoms with Gasteiger partial charge in [0.2, 0.25) is 0 Å². The molecule has 0 aromatic heterocycles. The van der Waals surface area contributed by atoms with Gasteiger partial charge in [0.25, 0.3) is 0 Å². The highest BCUT2D eigenvalue weighted by molar-refractivity contribution is 5.82. The van der Waals surface area contributed by atoms with Crippen LogP contribution in [0.5, 0.6) is 0 Å². The average molecular weight is 243 g/mol. The fraction of sp³-hybridized carbons (Fsp3) is 0.250. The third-order valence-corrected chi connectivity index (χ3v) is 2.10. The summed E-state index contributed by atoms with van der Waals surface area (Å²) >= 11 is 0. The molecule has 1 amide bonds. The Morgan fingerprint density at radius 2 is 1.88 bits per heavy atom. The van der Waals surface area contributed by atoms with E-state index in [1.165, 1.54) is 6.08 Å². The van der Waals surface area contributed by atoms with Gasteiger partial charge in [0, 0.05) is 13.1 Å². The molecule has 17 heavy (non-hydrogen) atoms. The molecular formula is C12H12F3NO. The minimum absolute atomic E-state index is 0.0782. The third kappa shape index (κ3) is 3.94. The summed E-state index contributed by atoms with van der Waals surface area (Å²) in [6.07, 6.45) is -3.58. The molecular weight excluding hydrogens is 231 g/mol. The van der Waals surface area contributed by atoms with Crippen LogP contribution in [0.15, 0.2) is 43.0 Å². The van der Waals surface area contributed by atoms with E-state index in [0.717, 1.165) is 0 Å². The lowest BCUT2D eigenvalue weighted by molar-refractivity contribution is -0.185. The van der Waals surface area contributed by atoms with Crippen LogP contribution in [0.1, 0.15) is 5.56 Å². The van der Waals surface area contributed by atoms with Crippen LogP contribution in [0.2, 0.25) is 0 Å². The van der Waals surface area contributed by atoms with Crippen molar-refractivity contribution < 1.29 is 18.0 Å². The zero-order chi connectivity index (χ0) is 12.9. The molecule has 0 heterocycles. The summed E-state index contributed by atoms with van der Waals surface area (Å²) in [5, 5.41) is 0. The van der Waals surface area contributed by atoms with Crippen LogP contribution in [0.25, 0.3) is 0 Å². The number of benzene rings is 1. The Labute approximate surface area is 97.3 Å². The van der Waals surface area contributed by atoms with Crippen LogP contribution in [0.4, 0.5) is 13.2 Å². The molecule has 0 atom stereocenters. The van der Waals surface area contributed by atoms with Gasteiger partial charge in [0.05, 0.1) is 0 Å². The van der Waals surface area contributed by atoms with E-state index in [9.17, 15) is 18.0 Å². The second-order valence-corrected chi connectivity index (χ2v) is 3.46. The van der Waals surface area contributed by atoms with E-state index >= 15 is 0 Å². The monoisotopic (exact) mass is 243 g/mol. The number of hydrogen-bond donors (Lipinski definition) is 0. The maximum atomic E-state index is 12.3. The maximum absolute atomic E-state index is 12.3. The fourth-order valence-electron chi connectivity index (χ4n) is 1.36. The van der Waals surface area contributed by atoms with E-state index < -0.39 is 12.1 Å². The molecule has 0 saturated carbocycles. The number of amides is 1. The number of alkyl halides is 3. The molecule has 0 saturated heterocycles. The van der Waals surface area contributed by atoms with E-state index in [1.807, 2.05) is 0 Å². The third-order valence-electron chi connectivity index (χ3n) is 2.10. The first-order valence-corrected chi connectivity index (χ1v) is 4.96. The first kappa shape index (κ1) is 13.3. The van der Waals surface area contributed by atoms with Crippen molar-refractivity contribution in [3.63, 3.8) is 0 Å². The van der Waals surface area contributed by atoms with Gasteiger partial charge in [-0.1, -0.05) is 36.4 Å². The van der Waals surface area contributed by atoms with Crippen LogP contribution in [0.3, 0.4) is 0 Å². The molecule has 0 spiro atoms. The van der Waals surface area contributed by atoms with Crippen LogP contribution in [-0.2, 0) is 11.3 Å². The number of rotatable bonds is 4. The van der Waals surface area contributed by atoms with Crippen molar-refractivity contribution in [2.24, 2.45) is 0 Å². The van der Waals surface area contributed by atoms with Crippen LogP contribution >= 0.6 is 0 Å². The predicted octanol–water partition coefficient (Wildman–Crippen LogP) is 2.76. The molecule has 0 bridgehead atoms. The molecule has 2 nitrogen and oxygen atoms in total. The number of carbonyl (C=O) groups is 1. The van der Waals surface area contributed by atoms with E-state index in [1.54, 1.807) is 30.3 Å². The fourth-order valence-corrected chi connectivity index (χ4v) is 1.36. The molecule has 1 aromatic rings. The topological polar surface area (TPSA) is 20.3 Å². The number of nitrogens with zero attached hydrogens (tertiary/aromatic N) is 1. The van der Waals surface area contributed by atoms with Crippen molar-refractivity contribution >= 4 is 5.91 Å². The van der Waals surface area contributed by atoms with E-state index in [2.05, 4.69) is 6.58 Å². The molecule has 1 rings (SSSR count). The van der Waals surface area contributed by atoms with E-state index in [0.29, 0.717) is 10.5 Å². The number of hydrogen-bond acceptors (Lipinski definition) is 1. The Morgan fingerprint density at radius 1 is 1.29 bits per heavy atom. The van der Waals surface area contributed by atoms with Crippen molar-refractivity contribution in [3.05, 3.63) is 48.6 Å². The number of halogens is 3. The summed E-state index contributed by atoms with van der Waals surface area (Å²) in [4.78, 5) is 11.8. The Hall–Kier alpha value is -1.78. The lowest BCUT2D eigenvalue weighted by Gasteiger charge is -2.22. The average Bonchev–Trinajstić information content (AvgIpc) is 2.28. The first-order chi connectivity index (χ1) is 7.95. The minimum Gasteiger partial charge on any atom is -0.327 e. The molecule has 0 aliphatic heterocycles. The van der Waals surface area contributed by atoms with E-state index in [-0.39, 0.29) is 13.1 Å². The van der Waals surface area contributed by atoms with Crippen molar-refractivity contribution in [1.82, 2.24) is 4.90 Å². The molecule has 92 valence electrons. The zero-order valence-corrected chi connectivity index (χ0v) is 9.07. The normalized spacial score (nSPS) is 11.0. The lowest BCUT2D eigenvalue weighted by Crippen LogP contribution is -2.40. The van der Waals surface area contributed by atoms with Crippen LogP contribution in [-0.4, -0.2) is 23.5 Å². The summed E-state index contributed by atoms with van der Waals surface area (Å²) in [6.45, 7) is 3.14. The predicted molar refractivity (Wildman–Crippen MR) is 58.1 cm³/mol. The lowest BCUT2D eigenvalue weighted by atomic mass is 10.2. The highest BCUT2D eigenvalue weighted by Gasteiger charge is 2.42.